The molecule has 3 aromatic heterocycles. The highest BCUT2D eigenvalue weighted by atomic mass is 32.1. The fourth-order valence-corrected chi connectivity index (χ4v) is 4.65. The summed E-state index contributed by atoms with van der Waals surface area (Å²) in [5.74, 6) is 1.61. The van der Waals surface area contributed by atoms with Gasteiger partial charge in [0.15, 0.2) is 10.8 Å². The normalized spacial score (nSPS) is 13.1. The smallest absolute Gasteiger partial charge is 0.187 e. The summed E-state index contributed by atoms with van der Waals surface area (Å²) in [6.07, 6.45) is 6.05. The van der Waals surface area contributed by atoms with E-state index in [1.807, 2.05) is 27.6 Å². The molecule has 1 N–H and O–H groups in total. The first-order valence-electron chi connectivity index (χ1n) is 9.94. The van der Waals surface area contributed by atoms with E-state index >= 15 is 0 Å². The monoisotopic (exact) mass is 422 g/mol. The molecule has 0 atom stereocenters. The number of rotatable bonds is 5. The molecular formula is C21H22N6O2S. The molecule has 0 saturated carbocycles. The van der Waals surface area contributed by atoms with Crippen LogP contribution < -0.4 is 4.74 Å². The molecule has 1 aliphatic heterocycles. The van der Waals surface area contributed by atoms with Gasteiger partial charge < -0.3 is 14.4 Å². The van der Waals surface area contributed by atoms with Crippen LogP contribution in [0.4, 0.5) is 0 Å². The fraction of sp³-hybridized carbons (Fsp3) is 0.333. The molecule has 0 unspecified atom stereocenters. The lowest BCUT2D eigenvalue weighted by Crippen LogP contribution is -2.04. The Morgan fingerprint density at radius 2 is 2.17 bits per heavy atom. The molecule has 4 aromatic rings. The fourth-order valence-electron chi connectivity index (χ4n) is 3.61. The maximum Gasteiger partial charge on any atom is 0.187 e. The minimum Gasteiger partial charge on any atom is -0.492 e. The number of aliphatic hydroxyl groups excluding tert-OH is 1. The van der Waals surface area contributed by atoms with Crippen molar-refractivity contribution in [2.24, 2.45) is 0 Å². The molecule has 4 heterocycles. The summed E-state index contributed by atoms with van der Waals surface area (Å²) in [6.45, 7) is 5.39. The Kier molecular flexibility index (Phi) is 4.84. The van der Waals surface area contributed by atoms with Crippen LogP contribution in [0.1, 0.15) is 24.8 Å². The highest BCUT2D eigenvalue weighted by Crippen LogP contribution is 2.41. The van der Waals surface area contributed by atoms with Crippen LogP contribution in [0.2, 0.25) is 0 Å². The molecular weight excluding hydrogens is 400 g/mol. The van der Waals surface area contributed by atoms with Gasteiger partial charge >= 0.3 is 0 Å². The standard InChI is InChI=1S/C21H22N6O2S/c1-13(2)27-20(22-11-24-27)21-25-19-15-4-3-14(16-10-26(6-7-28)12-23-16)9-17(15)29-8-5-18(19)30-21/h3-4,9-13,28H,5-8H2,1-2H3. The molecule has 0 amide bonds. The van der Waals surface area contributed by atoms with Crippen LogP contribution in [0, 0.1) is 0 Å². The first-order valence-corrected chi connectivity index (χ1v) is 10.8. The van der Waals surface area contributed by atoms with Crippen molar-refractivity contribution in [2.45, 2.75) is 32.9 Å². The molecule has 1 aliphatic rings. The van der Waals surface area contributed by atoms with E-state index in [1.54, 1.807) is 24.0 Å². The minimum absolute atomic E-state index is 0.0859. The van der Waals surface area contributed by atoms with E-state index in [0.717, 1.165) is 45.5 Å². The molecule has 8 nitrogen and oxygen atoms in total. The number of fused-ring (bicyclic) bond motifs is 3. The number of benzene rings is 1. The maximum absolute atomic E-state index is 9.12. The van der Waals surface area contributed by atoms with E-state index in [4.69, 9.17) is 14.8 Å². The Morgan fingerprint density at radius 3 is 3.00 bits per heavy atom. The van der Waals surface area contributed by atoms with E-state index in [9.17, 15) is 0 Å². The van der Waals surface area contributed by atoms with Crippen LogP contribution in [-0.2, 0) is 13.0 Å². The molecule has 5 rings (SSSR count). The van der Waals surface area contributed by atoms with Crippen molar-refractivity contribution in [3.05, 3.63) is 41.9 Å². The van der Waals surface area contributed by atoms with E-state index < -0.39 is 0 Å². The topological polar surface area (TPSA) is 90.9 Å². The van der Waals surface area contributed by atoms with Gasteiger partial charge in [0, 0.05) is 41.2 Å². The molecule has 0 fully saturated rings. The number of aromatic nitrogens is 6. The van der Waals surface area contributed by atoms with Gasteiger partial charge in [-0.15, -0.1) is 11.3 Å². The zero-order chi connectivity index (χ0) is 20.7. The number of imidazole rings is 1. The van der Waals surface area contributed by atoms with Crippen molar-refractivity contribution in [3.8, 4) is 39.1 Å². The zero-order valence-electron chi connectivity index (χ0n) is 16.8. The predicted octanol–water partition coefficient (Wildman–Crippen LogP) is 3.44. The molecule has 154 valence electrons. The van der Waals surface area contributed by atoms with Crippen LogP contribution in [0.3, 0.4) is 0 Å². The Labute approximate surface area is 177 Å². The van der Waals surface area contributed by atoms with Gasteiger partial charge in [-0.05, 0) is 26.0 Å². The van der Waals surface area contributed by atoms with Crippen molar-refractivity contribution in [3.63, 3.8) is 0 Å². The summed E-state index contributed by atoms with van der Waals surface area (Å²) in [5.41, 5.74) is 3.77. The number of aliphatic hydroxyl groups is 1. The average molecular weight is 423 g/mol. The van der Waals surface area contributed by atoms with Crippen molar-refractivity contribution in [2.75, 3.05) is 13.2 Å². The lowest BCUT2D eigenvalue weighted by Gasteiger charge is -2.09. The molecule has 0 radical (unpaired) electrons. The molecule has 1 aromatic carbocycles. The van der Waals surface area contributed by atoms with Crippen molar-refractivity contribution < 1.29 is 9.84 Å². The third-order valence-electron chi connectivity index (χ3n) is 5.06. The van der Waals surface area contributed by atoms with Gasteiger partial charge in [0.2, 0.25) is 0 Å². The van der Waals surface area contributed by atoms with Crippen molar-refractivity contribution >= 4 is 11.3 Å². The summed E-state index contributed by atoms with van der Waals surface area (Å²) in [4.78, 5) is 15.0. The van der Waals surface area contributed by atoms with Crippen LogP contribution in [0.5, 0.6) is 5.75 Å². The van der Waals surface area contributed by atoms with Gasteiger partial charge in [0.25, 0.3) is 0 Å². The molecule has 0 bridgehead atoms. The largest absolute Gasteiger partial charge is 0.492 e. The summed E-state index contributed by atoms with van der Waals surface area (Å²) < 4.78 is 9.83. The lowest BCUT2D eigenvalue weighted by molar-refractivity contribution is 0.276. The first-order chi connectivity index (χ1) is 14.6. The highest BCUT2D eigenvalue weighted by Gasteiger charge is 2.24. The van der Waals surface area contributed by atoms with Crippen LogP contribution in [-0.4, -0.2) is 47.6 Å². The predicted molar refractivity (Wildman–Crippen MR) is 114 cm³/mol. The second-order valence-electron chi connectivity index (χ2n) is 7.44. The summed E-state index contributed by atoms with van der Waals surface area (Å²) in [7, 11) is 0. The Bertz CT molecular complexity index is 1190. The van der Waals surface area contributed by atoms with Gasteiger partial charge in [-0.2, -0.15) is 5.10 Å². The quantitative estimate of drug-likeness (QED) is 0.530. The van der Waals surface area contributed by atoms with Gasteiger partial charge in [-0.1, -0.05) is 6.07 Å². The Hall–Kier alpha value is -3.04. The van der Waals surface area contributed by atoms with E-state index in [1.165, 1.54) is 4.88 Å². The minimum atomic E-state index is 0.0859. The zero-order valence-corrected chi connectivity index (χ0v) is 17.6. The Balaban J connectivity index is 1.54. The molecule has 0 spiro atoms. The number of hydrogen-bond acceptors (Lipinski definition) is 7. The molecule has 0 aliphatic carbocycles. The van der Waals surface area contributed by atoms with Gasteiger partial charge in [0.05, 0.1) is 30.9 Å². The van der Waals surface area contributed by atoms with Crippen LogP contribution in [0.15, 0.2) is 37.1 Å². The van der Waals surface area contributed by atoms with Gasteiger partial charge in [0.1, 0.15) is 12.1 Å². The SMILES string of the molecule is CC(C)n1ncnc1-c1nc2c(s1)CCOc1cc(-c3cn(CCO)cn3)ccc1-2. The third kappa shape index (κ3) is 3.29. The second kappa shape index (κ2) is 7.66. The molecule has 9 heteroatoms. The van der Waals surface area contributed by atoms with Crippen LogP contribution in [0.25, 0.3) is 33.3 Å². The number of nitrogens with zero attached hydrogens (tertiary/aromatic N) is 6. The summed E-state index contributed by atoms with van der Waals surface area (Å²) >= 11 is 1.66. The van der Waals surface area contributed by atoms with Gasteiger partial charge in [-0.3, -0.25) is 0 Å². The number of ether oxygens (including phenoxy) is 1. The number of thiazole rings is 1. The average Bonchev–Trinajstić information content (AvgIpc) is 3.46. The van der Waals surface area contributed by atoms with E-state index in [2.05, 4.69) is 35.0 Å². The molecule has 0 saturated heterocycles. The highest BCUT2D eigenvalue weighted by molar-refractivity contribution is 7.15. The van der Waals surface area contributed by atoms with E-state index in [-0.39, 0.29) is 12.6 Å². The first kappa shape index (κ1) is 19.0. The Morgan fingerprint density at radius 1 is 1.27 bits per heavy atom. The van der Waals surface area contributed by atoms with Gasteiger partial charge in [-0.25, -0.2) is 19.6 Å². The van der Waals surface area contributed by atoms with Crippen molar-refractivity contribution in [1.29, 1.82) is 0 Å². The summed E-state index contributed by atoms with van der Waals surface area (Å²) in [5, 5.41) is 14.3. The molecule has 30 heavy (non-hydrogen) atoms. The summed E-state index contributed by atoms with van der Waals surface area (Å²) in [6, 6.07) is 6.33. The maximum atomic E-state index is 9.12. The lowest BCUT2D eigenvalue weighted by atomic mass is 10.1. The number of hydrogen-bond donors (Lipinski definition) is 1. The second-order valence-corrected chi connectivity index (χ2v) is 8.53. The van der Waals surface area contributed by atoms with Crippen molar-refractivity contribution in [1.82, 2.24) is 29.3 Å². The van der Waals surface area contributed by atoms with E-state index in [0.29, 0.717) is 13.2 Å². The van der Waals surface area contributed by atoms with Crippen LogP contribution >= 0.6 is 11.3 Å². The third-order valence-corrected chi connectivity index (χ3v) is 6.17.